The average molecular weight is 224 g/mol. The summed E-state index contributed by atoms with van der Waals surface area (Å²) in [6, 6.07) is 0.162. The van der Waals surface area contributed by atoms with E-state index in [0.717, 1.165) is 0 Å². The number of aliphatic hydroxyl groups is 2. The second-order valence-electron chi connectivity index (χ2n) is 2.78. The fourth-order valence-electron chi connectivity index (χ4n) is 0.270. The van der Waals surface area contributed by atoms with Gasteiger partial charge in [-0.05, 0) is 6.92 Å². The fourth-order valence-corrected chi connectivity index (χ4v) is 0.270. The number of carboxylic acid groups (broad SMARTS) is 2. The molecule has 0 aliphatic heterocycles. The van der Waals surface area contributed by atoms with Crippen LogP contribution in [0.5, 0.6) is 0 Å². The molecule has 3 atom stereocenters. The average Bonchev–Trinajstić information content (AvgIpc) is 2.16. The predicted octanol–water partition coefficient (Wildman–Crippen LogP) is -2.83. The molecule has 0 spiro atoms. The van der Waals surface area contributed by atoms with E-state index < -0.39 is 24.1 Å². The molecular weight excluding hydrogens is 208 g/mol. The lowest BCUT2D eigenvalue weighted by molar-refractivity contribution is -0.165. The highest BCUT2D eigenvalue weighted by Gasteiger charge is 2.29. The van der Waals surface area contributed by atoms with Crippen molar-refractivity contribution in [3.8, 4) is 0 Å². The Morgan fingerprint density at radius 1 is 1.13 bits per heavy atom. The third-order valence-electron chi connectivity index (χ3n) is 1.18. The molecule has 0 aromatic heterocycles. The van der Waals surface area contributed by atoms with Crippen LogP contribution in [0.25, 0.3) is 0 Å². The Morgan fingerprint density at radius 3 is 1.40 bits per heavy atom. The zero-order chi connectivity index (χ0) is 12.6. The fraction of sp³-hybridized carbons (Fsp3) is 0.714. The van der Waals surface area contributed by atoms with Gasteiger partial charge in [0.25, 0.3) is 0 Å². The second kappa shape index (κ2) is 8.12. The molecule has 0 amide bonds. The summed E-state index contributed by atoms with van der Waals surface area (Å²) in [7, 11) is 0. The van der Waals surface area contributed by atoms with Crippen LogP contribution >= 0.6 is 0 Å². The third kappa shape index (κ3) is 9.09. The number of hydrogen-bond acceptors (Lipinski definition) is 6. The minimum Gasteiger partial charge on any atom is -0.479 e. The first-order chi connectivity index (χ1) is 6.73. The minimum absolute atomic E-state index is 0.162. The predicted molar refractivity (Wildman–Crippen MR) is 50.0 cm³/mol. The maximum atomic E-state index is 9.77. The molecule has 0 saturated heterocycles. The van der Waals surface area contributed by atoms with Crippen LogP contribution in [0.1, 0.15) is 6.92 Å². The summed E-state index contributed by atoms with van der Waals surface area (Å²) >= 11 is 0. The van der Waals surface area contributed by atoms with Crippen LogP contribution in [-0.2, 0) is 9.59 Å². The summed E-state index contributed by atoms with van der Waals surface area (Å²) in [5, 5.41) is 32.5. The molecule has 0 unspecified atom stereocenters. The van der Waals surface area contributed by atoms with Crippen LogP contribution in [-0.4, -0.2) is 57.2 Å². The van der Waals surface area contributed by atoms with Crippen molar-refractivity contribution in [2.45, 2.75) is 25.2 Å². The van der Waals surface area contributed by atoms with Gasteiger partial charge < -0.3 is 31.9 Å². The van der Waals surface area contributed by atoms with E-state index in [-0.39, 0.29) is 6.04 Å². The SMILES string of the molecule is C[C@H](N)CN.O=C(O)[C@@H](O)[C@H](O)C(=O)O. The Hall–Kier alpha value is -1.22. The van der Waals surface area contributed by atoms with Gasteiger partial charge in [0.15, 0.2) is 12.2 Å². The lowest BCUT2D eigenvalue weighted by atomic mass is 10.2. The molecule has 90 valence electrons. The summed E-state index contributed by atoms with van der Waals surface area (Å²) < 4.78 is 0. The van der Waals surface area contributed by atoms with Gasteiger partial charge in [-0.3, -0.25) is 0 Å². The first-order valence-electron chi connectivity index (χ1n) is 4.01. The number of nitrogens with two attached hydrogens (primary N) is 2. The van der Waals surface area contributed by atoms with E-state index in [1.165, 1.54) is 0 Å². The number of rotatable bonds is 4. The van der Waals surface area contributed by atoms with Crippen LogP contribution in [0, 0.1) is 0 Å². The molecule has 8 nitrogen and oxygen atoms in total. The number of carboxylic acids is 2. The molecule has 0 fully saturated rings. The summed E-state index contributed by atoms with van der Waals surface area (Å²) in [5.41, 5.74) is 10.2. The highest BCUT2D eigenvalue weighted by molar-refractivity contribution is 5.83. The summed E-state index contributed by atoms with van der Waals surface area (Å²) in [6.45, 7) is 2.46. The molecule has 0 aliphatic rings. The van der Waals surface area contributed by atoms with E-state index in [1.54, 1.807) is 0 Å². The Balaban J connectivity index is 0. The van der Waals surface area contributed by atoms with Crippen molar-refractivity contribution in [1.82, 2.24) is 0 Å². The monoisotopic (exact) mass is 224 g/mol. The maximum absolute atomic E-state index is 9.77. The molecule has 8 heteroatoms. The molecule has 0 aromatic rings. The Labute approximate surface area is 86.1 Å². The number of aliphatic hydroxyl groups excluding tert-OH is 2. The first-order valence-corrected chi connectivity index (χ1v) is 4.01. The van der Waals surface area contributed by atoms with Gasteiger partial charge >= 0.3 is 11.9 Å². The van der Waals surface area contributed by atoms with Gasteiger partial charge in [-0.15, -0.1) is 0 Å². The molecular formula is C7H16N2O6. The van der Waals surface area contributed by atoms with Crippen molar-refractivity contribution in [2.75, 3.05) is 6.54 Å². The van der Waals surface area contributed by atoms with Gasteiger partial charge in [-0.1, -0.05) is 0 Å². The van der Waals surface area contributed by atoms with Gasteiger partial charge in [0.05, 0.1) is 0 Å². The van der Waals surface area contributed by atoms with Crippen molar-refractivity contribution in [3.05, 3.63) is 0 Å². The summed E-state index contributed by atoms with van der Waals surface area (Å²) in [6.07, 6.45) is -4.53. The zero-order valence-corrected chi connectivity index (χ0v) is 8.20. The lowest BCUT2D eigenvalue weighted by Gasteiger charge is -2.07. The Morgan fingerprint density at radius 2 is 1.33 bits per heavy atom. The van der Waals surface area contributed by atoms with Crippen molar-refractivity contribution >= 4 is 11.9 Å². The number of aliphatic carboxylic acids is 2. The van der Waals surface area contributed by atoms with Crippen molar-refractivity contribution in [3.63, 3.8) is 0 Å². The summed E-state index contributed by atoms with van der Waals surface area (Å²) in [4.78, 5) is 19.5. The minimum atomic E-state index is -2.27. The van der Waals surface area contributed by atoms with Crippen molar-refractivity contribution in [2.24, 2.45) is 11.5 Å². The van der Waals surface area contributed by atoms with Crippen LogP contribution in [0.2, 0.25) is 0 Å². The molecule has 0 aliphatic carbocycles. The van der Waals surface area contributed by atoms with Crippen LogP contribution in [0.4, 0.5) is 0 Å². The van der Waals surface area contributed by atoms with E-state index >= 15 is 0 Å². The number of carbonyl (C=O) groups is 2. The smallest absolute Gasteiger partial charge is 0.335 e. The normalized spacial score (nSPS) is 15.5. The molecule has 0 bridgehead atoms. The van der Waals surface area contributed by atoms with Crippen LogP contribution < -0.4 is 11.5 Å². The van der Waals surface area contributed by atoms with Gasteiger partial charge in [-0.25, -0.2) is 9.59 Å². The lowest BCUT2D eigenvalue weighted by Crippen LogP contribution is -2.39. The quantitative estimate of drug-likeness (QED) is 0.297. The molecule has 0 aromatic carbocycles. The van der Waals surface area contributed by atoms with Crippen molar-refractivity contribution < 1.29 is 30.0 Å². The standard InChI is InChI=1S/C4H6O6.C3H10N2/c5-1(3(7)8)2(6)4(9)10;1-3(5)2-4/h1-2,5-6H,(H,7,8)(H,9,10);3H,2,4-5H2,1H3/t1-,2-;3-/m00/s1. The zero-order valence-electron chi connectivity index (χ0n) is 8.20. The first kappa shape index (κ1) is 16.2. The largest absolute Gasteiger partial charge is 0.479 e. The number of hydrogen-bond donors (Lipinski definition) is 6. The Kier molecular flexibility index (Phi) is 8.78. The molecule has 8 N–H and O–H groups in total. The third-order valence-corrected chi connectivity index (χ3v) is 1.18. The maximum Gasteiger partial charge on any atom is 0.335 e. The van der Waals surface area contributed by atoms with Gasteiger partial charge in [0.1, 0.15) is 0 Å². The van der Waals surface area contributed by atoms with Crippen LogP contribution in [0.15, 0.2) is 0 Å². The van der Waals surface area contributed by atoms with E-state index in [0.29, 0.717) is 6.54 Å². The molecule has 0 radical (unpaired) electrons. The van der Waals surface area contributed by atoms with Crippen molar-refractivity contribution in [1.29, 1.82) is 0 Å². The highest BCUT2D eigenvalue weighted by Crippen LogP contribution is 1.92. The second-order valence-corrected chi connectivity index (χ2v) is 2.78. The Bertz CT molecular complexity index is 190. The topological polar surface area (TPSA) is 167 Å². The van der Waals surface area contributed by atoms with E-state index in [2.05, 4.69) is 0 Å². The molecule has 0 saturated carbocycles. The van der Waals surface area contributed by atoms with Crippen LogP contribution in [0.3, 0.4) is 0 Å². The molecule has 15 heavy (non-hydrogen) atoms. The van der Waals surface area contributed by atoms with E-state index in [4.69, 9.17) is 31.9 Å². The molecule has 0 heterocycles. The van der Waals surface area contributed by atoms with Gasteiger partial charge in [0.2, 0.25) is 0 Å². The highest BCUT2D eigenvalue weighted by atomic mass is 16.4. The molecule has 0 rings (SSSR count). The van der Waals surface area contributed by atoms with Gasteiger partial charge in [-0.2, -0.15) is 0 Å². The van der Waals surface area contributed by atoms with Gasteiger partial charge in [0, 0.05) is 12.6 Å². The summed E-state index contributed by atoms with van der Waals surface area (Å²) in [5.74, 6) is -3.54. The van der Waals surface area contributed by atoms with E-state index in [9.17, 15) is 9.59 Å². The van der Waals surface area contributed by atoms with E-state index in [1.807, 2.05) is 6.92 Å².